The maximum absolute atomic E-state index is 11.9. The van der Waals surface area contributed by atoms with Crippen molar-refractivity contribution in [3.63, 3.8) is 0 Å². The van der Waals surface area contributed by atoms with E-state index in [-0.39, 0.29) is 17.4 Å². The van der Waals surface area contributed by atoms with Crippen LogP contribution in [0.2, 0.25) is 0 Å². The molecule has 1 rings (SSSR count). The van der Waals surface area contributed by atoms with E-state index in [0.29, 0.717) is 12.0 Å². The molecule has 0 unspecified atom stereocenters. The van der Waals surface area contributed by atoms with Crippen LogP contribution in [0.5, 0.6) is 0 Å². The lowest BCUT2D eigenvalue weighted by Crippen LogP contribution is -2.42. The van der Waals surface area contributed by atoms with Gasteiger partial charge in [-0.05, 0) is 39.7 Å². The number of nitrogens with zero attached hydrogens (tertiary/aromatic N) is 2. The molecule has 5 nitrogen and oxygen atoms in total. The molecule has 116 valence electrons. The third kappa shape index (κ3) is 6.13. The number of amides is 1. The Morgan fingerprint density at radius 3 is 2.40 bits per heavy atom. The number of carboxylic acid groups (broad SMARTS) is 1. The summed E-state index contributed by atoms with van der Waals surface area (Å²) in [7, 11) is 2.14. The van der Waals surface area contributed by atoms with Gasteiger partial charge in [-0.25, -0.2) is 0 Å². The van der Waals surface area contributed by atoms with Gasteiger partial charge in [-0.1, -0.05) is 0 Å². The molecule has 0 bridgehead atoms. The Balaban J connectivity index is 2.24. The molecule has 0 radical (unpaired) electrons. The number of likely N-dealkylation sites (tertiary alicyclic amines) is 1. The van der Waals surface area contributed by atoms with Gasteiger partial charge in [0, 0.05) is 25.7 Å². The molecule has 0 saturated carbocycles. The second-order valence-electron chi connectivity index (χ2n) is 5.74. The number of carbonyl (C=O) groups is 2. The van der Waals surface area contributed by atoms with E-state index in [2.05, 4.69) is 25.8 Å². The van der Waals surface area contributed by atoms with E-state index in [1.54, 1.807) is 0 Å². The minimum absolute atomic E-state index is 0.00138. The fourth-order valence-corrected chi connectivity index (χ4v) is 2.93. The topological polar surface area (TPSA) is 60.9 Å². The van der Waals surface area contributed by atoms with Crippen LogP contribution >= 0.6 is 11.8 Å². The molecule has 0 aliphatic carbocycles. The van der Waals surface area contributed by atoms with Gasteiger partial charge in [0.15, 0.2) is 0 Å². The lowest BCUT2D eigenvalue weighted by molar-refractivity contribution is -0.133. The van der Waals surface area contributed by atoms with Gasteiger partial charge in [0.2, 0.25) is 5.91 Å². The molecule has 1 saturated heterocycles. The Labute approximate surface area is 125 Å². The summed E-state index contributed by atoms with van der Waals surface area (Å²) in [4.78, 5) is 26.6. The van der Waals surface area contributed by atoms with Crippen LogP contribution in [0, 0.1) is 5.92 Å². The zero-order valence-corrected chi connectivity index (χ0v) is 13.5. The van der Waals surface area contributed by atoms with Crippen molar-refractivity contribution in [3.05, 3.63) is 0 Å². The summed E-state index contributed by atoms with van der Waals surface area (Å²) < 4.78 is 0. The first-order chi connectivity index (χ1) is 9.40. The quantitative estimate of drug-likeness (QED) is 0.770. The second kappa shape index (κ2) is 8.52. The maximum atomic E-state index is 11.9. The summed E-state index contributed by atoms with van der Waals surface area (Å²) in [5, 5.41) is 8.55. The van der Waals surface area contributed by atoms with Crippen LogP contribution in [0.1, 0.15) is 26.7 Å². The van der Waals surface area contributed by atoms with Gasteiger partial charge in [0.25, 0.3) is 0 Å². The highest BCUT2D eigenvalue weighted by atomic mass is 32.2. The van der Waals surface area contributed by atoms with E-state index in [1.165, 1.54) is 11.8 Å². The molecule has 20 heavy (non-hydrogen) atoms. The third-order valence-corrected chi connectivity index (χ3v) is 4.75. The van der Waals surface area contributed by atoms with Gasteiger partial charge in [-0.15, -0.1) is 11.8 Å². The lowest BCUT2D eigenvalue weighted by Gasteiger charge is -2.35. The number of piperidine rings is 1. The van der Waals surface area contributed by atoms with Crippen LogP contribution in [0.3, 0.4) is 0 Å². The number of carbonyl (C=O) groups excluding carboxylic acids is 1. The van der Waals surface area contributed by atoms with Crippen molar-refractivity contribution in [2.45, 2.75) is 32.7 Å². The van der Waals surface area contributed by atoms with Gasteiger partial charge >= 0.3 is 5.97 Å². The maximum Gasteiger partial charge on any atom is 0.313 e. The molecule has 1 aliphatic rings. The second-order valence-corrected chi connectivity index (χ2v) is 6.73. The van der Waals surface area contributed by atoms with E-state index < -0.39 is 5.97 Å². The molecule has 0 aromatic carbocycles. The lowest BCUT2D eigenvalue weighted by atomic mass is 9.96. The third-order valence-electron chi connectivity index (χ3n) is 3.85. The Bertz CT molecular complexity index is 328. The number of carboxylic acids is 1. The van der Waals surface area contributed by atoms with E-state index in [4.69, 9.17) is 5.11 Å². The highest BCUT2D eigenvalue weighted by Crippen LogP contribution is 2.19. The van der Waals surface area contributed by atoms with Crippen LogP contribution < -0.4 is 0 Å². The highest BCUT2D eigenvalue weighted by Gasteiger charge is 2.23. The number of thioether (sulfide) groups is 1. The Hall–Kier alpha value is -0.750. The monoisotopic (exact) mass is 302 g/mol. The molecule has 1 amide bonds. The SMILES string of the molecule is CC(C)N(C)CC1CCN(C(=O)CSCC(=O)O)CC1. The van der Waals surface area contributed by atoms with Crippen molar-refractivity contribution in [1.29, 1.82) is 0 Å². The van der Waals surface area contributed by atoms with Gasteiger partial charge in [-0.2, -0.15) is 0 Å². The molecular formula is C14H26N2O3S. The molecule has 1 aliphatic heterocycles. The predicted octanol–water partition coefficient (Wildman–Crippen LogP) is 1.38. The minimum atomic E-state index is -0.863. The van der Waals surface area contributed by atoms with E-state index in [1.807, 2.05) is 4.90 Å². The highest BCUT2D eigenvalue weighted by molar-refractivity contribution is 8.00. The molecular weight excluding hydrogens is 276 g/mol. The van der Waals surface area contributed by atoms with Crippen LogP contribution in [0.25, 0.3) is 0 Å². The molecule has 6 heteroatoms. The van der Waals surface area contributed by atoms with Gasteiger partial charge in [0.05, 0.1) is 11.5 Å². The minimum Gasteiger partial charge on any atom is -0.481 e. The van der Waals surface area contributed by atoms with Crippen molar-refractivity contribution in [2.24, 2.45) is 5.92 Å². The van der Waals surface area contributed by atoms with Crippen LogP contribution in [-0.2, 0) is 9.59 Å². The first-order valence-electron chi connectivity index (χ1n) is 7.17. The first-order valence-corrected chi connectivity index (χ1v) is 8.33. The largest absolute Gasteiger partial charge is 0.481 e. The summed E-state index contributed by atoms with van der Waals surface area (Å²) in [6.07, 6.45) is 2.10. The zero-order chi connectivity index (χ0) is 15.1. The summed E-state index contributed by atoms with van der Waals surface area (Å²) in [6.45, 7) is 7.09. The standard InChI is InChI=1S/C14H26N2O3S/c1-11(2)15(3)8-12-4-6-16(7-5-12)13(17)9-20-10-14(18)19/h11-12H,4-10H2,1-3H3,(H,18,19). The smallest absolute Gasteiger partial charge is 0.313 e. The Morgan fingerprint density at radius 2 is 1.90 bits per heavy atom. The predicted molar refractivity (Wildman–Crippen MR) is 82.0 cm³/mol. The normalized spacial score (nSPS) is 16.9. The zero-order valence-electron chi connectivity index (χ0n) is 12.7. The number of hydrogen-bond acceptors (Lipinski definition) is 4. The molecule has 1 N–H and O–H groups in total. The van der Waals surface area contributed by atoms with Crippen molar-refractivity contribution < 1.29 is 14.7 Å². The van der Waals surface area contributed by atoms with E-state index in [0.717, 1.165) is 32.5 Å². The van der Waals surface area contributed by atoms with Crippen LogP contribution in [0.15, 0.2) is 0 Å². The number of hydrogen-bond donors (Lipinski definition) is 1. The molecule has 0 aromatic heterocycles. The summed E-state index contributed by atoms with van der Waals surface area (Å²) in [5.74, 6) is 0.160. The number of aliphatic carboxylic acids is 1. The molecule has 0 aromatic rings. The van der Waals surface area contributed by atoms with E-state index in [9.17, 15) is 9.59 Å². The molecule has 0 spiro atoms. The van der Waals surface area contributed by atoms with E-state index >= 15 is 0 Å². The van der Waals surface area contributed by atoms with Gasteiger partial charge in [-0.3, -0.25) is 9.59 Å². The van der Waals surface area contributed by atoms with Crippen molar-refractivity contribution in [3.8, 4) is 0 Å². The van der Waals surface area contributed by atoms with Gasteiger partial charge in [0.1, 0.15) is 0 Å². The van der Waals surface area contributed by atoms with Crippen LogP contribution in [-0.4, -0.2) is 71.0 Å². The van der Waals surface area contributed by atoms with Crippen molar-refractivity contribution >= 4 is 23.6 Å². The van der Waals surface area contributed by atoms with Crippen LogP contribution in [0.4, 0.5) is 0 Å². The summed E-state index contributed by atoms with van der Waals surface area (Å²) in [5.41, 5.74) is 0. The molecule has 1 heterocycles. The van der Waals surface area contributed by atoms with Crippen molar-refractivity contribution in [1.82, 2.24) is 9.80 Å². The first kappa shape index (κ1) is 17.3. The number of rotatable bonds is 7. The summed E-state index contributed by atoms with van der Waals surface area (Å²) in [6, 6.07) is 0.557. The Kier molecular flexibility index (Phi) is 7.37. The average Bonchev–Trinajstić information content (AvgIpc) is 2.38. The van der Waals surface area contributed by atoms with Crippen molar-refractivity contribution in [2.75, 3.05) is 38.2 Å². The average molecular weight is 302 g/mol. The van der Waals surface area contributed by atoms with Gasteiger partial charge < -0.3 is 14.9 Å². The molecule has 1 fully saturated rings. The fraction of sp³-hybridized carbons (Fsp3) is 0.857. The Morgan fingerprint density at radius 1 is 1.30 bits per heavy atom. The molecule has 0 atom stereocenters. The fourth-order valence-electron chi connectivity index (χ4n) is 2.30. The summed E-state index contributed by atoms with van der Waals surface area (Å²) >= 11 is 1.18.